The Labute approximate surface area is 137 Å². The third kappa shape index (κ3) is 6.10. The number of esters is 2. The maximum Gasteiger partial charge on any atom is 0.315 e. The lowest BCUT2D eigenvalue weighted by atomic mass is 9.93. The largest absolute Gasteiger partial charge is 0.423 e. The summed E-state index contributed by atoms with van der Waals surface area (Å²) in [5, 5.41) is 0. The van der Waals surface area contributed by atoms with E-state index in [2.05, 4.69) is 13.2 Å². The lowest BCUT2D eigenvalue weighted by Gasteiger charge is -2.18. The van der Waals surface area contributed by atoms with Gasteiger partial charge in [-0.3, -0.25) is 9.59 Å². The molecule has 0 amide bonds. The number of benzene rings is 1. The number of carbonyl (C=O) groups excluding carboxylic acids is 2. The van der Waals surface area contributed by atoms with Crippen LogP contribution in [0.4, 0.5) is 0 Å². The van der Waals surface area contributed by atoms with Crippen LogP contribution >= 0.6 is 0 Å². The Balaban J connectivity index is 2.83. The summed E-state index contributed by atoms with van der Waals surface area (Å²) in [5.41, 5.74) is 0. The number of allylic oxidation sites excluding steroid dienone is 2. The molecule has 0 aliphatic rings. The minimum absolute atomic E-state index is 0.128. The van der Waals surface area contributed by atoms with Crippen LogP contribution in [0.3, 0.4) is 0 Å². The minimum atomic E-state index is -0.389. The summed E-state index contributed by atoms with van der Waals surface area (Å²) in [6, 6.07) is 6.66. The van der Waals surface area contributed by atoms with Gasteiger partial charge < -0.3 is 9.47 Å². The molecule has 0 spiro atoms. The minimum Gasteiger partial charge on any atom is -0.423 e. The molecule has 4 nitrogen and oxygen atoms in total. The maximum absolute atomic E-state index is 12.3. The predicted molar refractivity (Wildman–Crippen MR) is 90.3 cm³/mol. The first-order valence-corrected chi connectivity index (χ1v) is 7.72. The molecule has 0 aliphatic carbocycles. The summed E-state index contributed by atoms with van der Waals surface area (Å²) in [4.78, 5) is 24.1. The van der Waals surface area contributed by atoms with Gasteiger partial charge in [-0.25, -0.2) is 0 Å². The number of hydrogen-bond acceptors (Lipinski definition) is 4. The molecule has 1 aromatic rings. The van der Waals surface area contributed by atoms with Gasteiger partial charge in [0.1, 0.15) is 0 Å². The van der Waals surface area contributed by atoms with Crippen molar-refractivity contribution in [1.29, 1.82) is 0 Å². The van der Waals surface area contributed by atoms with Crippen molar-refractivity contribution in [2.75, 3.05) is 0 Å². The van der Waals surface area contributed by atoms with Crippen LogP contribution in [-0.4, -0.2) is 11.9 Å². The Bertz CT molecular complexity index is 560. The highest BCUT2D eigenvalue weighted by molar-refractivity contribution is 5.78. The molecule has 1 unspecified atom stereocenters. The van der Waals surface area contributed by atoms with Crippen molar-refractivity contribution in [3.63, 3.8) is 0 Å². The Kier molecular flexibility index (Phi) is 7.81. The molecule has 1 atom stereocenters. The summed E-state index contributed by atoms with van der Waals surface area (Å²) < 4.78 is 10.7. The highest BCUT2D eigenvalue weighted by atomic mass is 16.6. The molecular formula is C19H24O4. The topological polar surface area (TPSA) is 52.6 Å². The monoisotopic (exact) mass is 316 g/mol. The van der Waals surface area contributed by atoms with Crippen LogP contribution in [0.15, 0.2) is 49.6 Å². The van der Waals surface area contributed by atoms with Gasteiger partial charge in [-0.1, -0.05) is 38.1 Å². The zero-order chi connectivity index (χ0) is 17.2. The van der Waals surface area contributed by atoms with Gasteiger partial charge in [0.25, 0.3) is 0 Å². The first kappa shape index (κ1) is 18.7. The van der Waals surface area contributed by atoms with Crippen LogP contribution in [0.1, 0.15) is 33.1 Å². The molecule has 0 saturated carbocycles. The molecular weight excluding hydrogens is 292 g/mol. The predicted octanol–water partition coefficient (Wildman–Crippen LogP) is 4.31. The number of carbonyl (C=O) groups is 2. The Morgan fingerprint density at radius 1 is 1.09 bits per heavy atom. The van der Waals surface area contributed by atoms with Gasteiger partial charge in [-0.15, -0.1) is 13.2 Å². The van der Waals surface area contributed by atoms with Crippen LogP contribution < -0.4 is 9.47 Å². The van der Waals surface area contributed by atoms with E-state index in [1.54, 1.807) is 36.4 Å². The fourth-order valence-electron chi connectivity index (χ4n) is 2.02. The van der Waals surface area contributed by atoms with Crippen molar-refractivity contribution in [2.24, 2.45) is 11.8 Å². The number of hydrogen-bond donors (Lipinski definition) is 0. The van der Waals surface area contributed by atoms with Crippen LogP contribution in [0.5, 0.6) is 11.5 Å². The van der Waals surface area contributed by atoms with E-state index in [4.69, 9.17) is 9.47 Å². The van der Waals surface area contributed by atoms with E-state index in [-0.39, 0.29) is 41.7 Å². The molecule has 0 N–H and O–H groups in total. The number of ether oxygens (including phenoxy) is 2. The summed E-state index contributed by atoms with van der Waals surface area (Å²) >= 11 is 0. The highest BCUT2D eigenvalue weighted by Crippen LogP contribution is 2.29. The second kappa shape index (κ2) is 9.62. The molecule has 0 aromatic heterocycles. The van der Waals surface area contributed by atoms with Crippen molar-refractivity contribution < 1.29 is 19.1 Å². The molecule has 124 valence electrons. The first-order valence-electron chi connectivity index (χ1n) is 7.72. The van der Waals surface area contributed by atoms with Crippen molar-refractivity contribution in [3.05, 3.63) is 49.6 Å². The molecule has 23 heavy (non-hydrogen) atoms. The van der Waals surface area contributed by atoms with Gasteiger partial charge in [-0.2, -0.15) is 0 Å². The summed E-state index contributed by atoms with van der Waals surface area (Å²) in [7, 11) is 0. The average molecular weight is 316 g/mol. The molecule has 0 heterocycles. The molecule has 1 aromatic carbocycles. The van der Waals surface area contributed by atoms with Crippen molar-refractivity contribution in [3.8, 4) is 11.5 Å². The third-order valence-corrected chi connectivity index (χ3v) is 3.36. The van der Waals surface area contributed by atoms with Gasteiger partial charge in [0, 0.05) is 6.42 Å². The molecule has 0 saturated heterocycles. The van der Waals surface area contributed by atoms with E-state index < -0.39 is 0 Å². The van der Waals surface area contributed by atoms with Gasteiger partial charge in [-0.05, 0) is 30.9 Å². The lowest BCUT2D eigenvalue weighted by molar-refractivity contribution is -0.141. The van der Waals surface area contributed by atoms with E-state index in [0.29, 0.717) is 12.8 Å². The van der Waals surface area contributed by atoms with Crippen LogP contribution in [0, 0.1) is 11.8 Å². The van der Waals surface area contributed by atoms with Crippen LogP contribution in [0.25, 0.3) is 0 Å². The molecule has 0 aliphatic heterocycles. The van der Waals surface area contributed by atoms with Gasteiger partial charge in [0.2, 0.25) is 0 Å². The van der Waals surface area contributed by atoms with Crippen molar-refractivity contribution in [2.45, 2.75) is 33.1 Å². The first-order chi connectivity index (χ1) is 11.0. The SMILES string of the molecule is C=CCCC(=O)Oc1ccccc1OC(=O)C(CC=C)C(C)C. The van der Waals surface area contributed by atoms with Crippen molar-refractivity contribution >= 4 is 11.9 Å². The zero-order valence-electron chi connectivity index (χ0n) is 13.8. The molecule has 1 rings (SSSR count). The van der Waals surface area contributed by atoms with E-state index in [0.717, 1.165) is 0 Å². The zero-order valence-corrected chi connectivity index (χ0v) is 13.8. The van der Waals surface area contributed by atoms with E-state index >= 15 is 0 Å². The van der Waals surface area contributed by atoms with E-state index in [1.165, 1.54) is 0 Å². The molecule has 0 fully saturated rings. The fourth-order valence-corrected chi connectivity index (χ4v) is 2.02. The van der Waals surface area contributed by atoms with Crippen LogP contribution in [-0.2, 0) is 9.59 Å². The fraction of sp³-hybridized carbons (Fsp3) is 0.368. The summed E-state index contributed by atoms with van der Waals surface area (Å²) in [5.74, 6) is -0.399. The normalized spacial score (nSPS) is 11.6. The molecule has 0 radical (unpaired) electrons. The number of rotatable bonds is 9. The lowest BCUT2D eigenvalue weighted by Crippen LogP contribution is -2.25. The van der Waals surface area contributed by atoms with Gasteiger partial charge >= 0.3 is 11.9 Å². The third-order valence-electron chi connectivity index (χ3n) is 3.36. The standard InChI is InChI=1S/C19H24O4/c1-5-7-13-18(20)22-16-11-8-9-12-17(16)23-19(21)15(10-6-2)14(3)4/h5-6,8-9,11-12,14-15H,1-2,7,10,13H2,3-4H3. The maximum atomic E-state index is 12.3. The Morgan fingerprint density at radius 3 is 2.22 bits per heavy atom. The average Bonchev–Trinajstić information content (AvgIpc) is 2.52. The van der Waals surface area contributed by atoms with Gasteiger partial charge in [0.05, 0.1) is 5.92 Å². The van der Waals surface area contributed by atoms with Crippen molar-refractivity contribution in [1.82, 2.24) is 0 Å². The smallest absolute Gasteiger partial charge is 0.315 e. The Hall–Kier alpha value is -2.36. The summed E-state index contributed by atoms with van der Waals surface area (Å²) in [6.45, 7) is 11.1. The van der Waals surface area contributed by atoms with Gasteiger partial charge in [0.15, 0.2) is 11.5 Å². The Morgan fingerprint density at radius 2 is 1.70 bits per heavy atom. The van der Waals surface area contributed by atoms with E-state index in [9.17, 15) is 9.59 Å². The van der Waals surface area contributed by atoms with E-state index in [1.807, 2.05) is 13.8 Å². The molecule has 4 heteroatoms. The number of para-hydroxylation sites is 2. The quantitative estimate of drug-likeness (QED) is 0.387. The summed E-state index contributed by atoms with van der Waals surface area (Å²) in [6.07, 6.45) is 4.66. The van der Waals surface area contributed by atoms with Crippen LogP contribution in [0.2, 0.25) is 0 Å². The second-order valence-electron chi connectivity index (χ2n) is 5.54. The second-order valence-corrected chi connectivity index (χ2v) is 5.54. The molecule has 0 bridgehead atoms. The highest BCUT2D eigenvalue weighted by Gasteiger charge is 2.24.